The van der Waals surface area contributed by atoms with Crippen LogP contribution in [-0.4, -0.2) is 76.4 Å². The summed E-state index contributed by atoms with van der Waals surface area (Å²) in [5.74, 6) is -0.100. The molecule has 1 N–H and O–H groups in total. The first-order valence-corrected chi connectivity index (χ1v) is 12.6. The van der Waals surface area contributed by atoms with Gasteiger partial charge in [0, 0.05) is 63.8 Å². The molecule has 2 heterocycles. The van der Waals surface area contributed by atoms with E-state index in [0.717, 1.165) is 39.1 Å². The molecule has 6 heteroatoms. The third-order valence-electron chi connectivity index (χ3n) is 7.37. The number of hydrogen-bond acceptors (Lipinski definition) is 5. The highest BCUT2D eigenvalue weighted by molar-refractivity contribution is 5.96. The van der Waals surface area contributed by atoms with E-state index in [1.807, 2.05) is 29.2 Å². The van der Waals surface area contributed by atoms with Crippen molar-refractivity contribution < 1.29 is 14.7 Å². The topological polar surface area (TPSA) is 64.1 Å². The van der Waals surface area contributed by atoms with Gasteiger partial charge in [-0.3, -0.25) is 19.4 Å². The average molecular weight is 476 g/mol. The molecule has 0 bridgehead atoms. The molecule has 0 spiro atoms. The molecule has 2 aliphatic rings. The van der Waals surface area contributed by atoms with Crippen molar-refractivity contribution in [2.45, 2.75) is 52.4 Å². The second-order valence-electron chi connectivity index (χ2n) is 9.94. The summed E-state index contributed by atoms with van der Waals surface area (Å²) in [5, 5.41) is 9.05. The number of aliphatic hydroxyl groups is 1. The Morgan fingerprint density at radius 2 is 1.66 bits per heavy atom. The second kappa shape index (κ2) is 11.3. The summed E-state index contributed by atoms with van der Waals surface area (Å²) in [6.07, 6.45) is 3.12. The monoisotopic (exact) mass is 475 g/mol. The Morgan fingerprint density at radius 1 is 0.971 bits per heavy atom. The number of nitrogens with zero attached hydrogens (tertiary/aromatic N) is 3. The molecule has 1 fully saturated rings. The molecule has 0 aromatic heterocycles. The highest BCUT2D eigenvalue weighted by Crippen LogP contribution is 2.28. The number of Topliss-reactive ketones (excluding diaryl/α,β-unsaturated/α-hetero) is 1. The summed E-state index contributed by atoms with van der Waals surface area (Å²) in [5.41, 5.74) is 5.76. The summed E-state index contributed by atoms with van der Waals surface area (Å²) in [7, 11) is 0. The van der Waals surface area contributed by atoms with E-state index < -0.39 is 6.61 Å². The lowest BCUT2D eigenvalue weighted by molar-refractivity contribution is -0.128. The van der Waals surface area contributed by atoms with Crippen LogP contribution in [-0.2, 0) is 17.9 Å². The SMILES string of the molecule is CC(=O)N1CC=C(c2ccccc2CN2[C@H](C)CN(Cc3ccc(C(=O)CO)cc3)C[C@@H]2C)CC1. The highest BCUT2D eigenvalue weighted by atomic mass is 16.3. The Hall–Kier alpha value is -2.80. The van der Waals surface area contributed by atoms with Gasteiger partial charge in [0.2, 0.25) is 5.91 Å². The van der Waals surface area contributed by atoms with Crippen molar-refractivity contribution in [2.24, 2.45) is 0 Å². The van der Waals surface area contributed by atoms with E-state index in [0.29, 0.717) is 24.2 Å². The van der Waals surface area contributed by atoms with E-state index in [2.05, 4.69) is 54.0 Å². The van der Waals surface area contributed by atoms with Gasteiger partial charge < -0.3 is 10.0 Å². The fourth-order valence-corrected chi connectivity index (χ4v) is 5.42. The van der Waals surface area contributed by atoms with Crippen LogP contribution in [0, 0.1) is 0 Å². The Kier molecular flexibility index (Phi) is 8.16. The molecule has 2 aromatic carbocycles. The molecular weight excluding hydrogens is 438 g/mol. The van der Waals surface area contributed by atoms with Gasteiger partial charge in [0.1, 0.15) is 6.61 Å². The number of carbonyl (C=O) groups excluding carboxylic acids is 2. The van der Waals surface area contributed by atoms with E-state index in [1.54, 1.807) is 6.92 Å². The number of rotatable bonds is 7. The van der Waals surface area contributed by atoms with Crippen LogP contribution in [0.1, 0.15) is 54.2 Å². The fourth-order valence-electron chi connectivity index (χ4n) is 5.42. The summed E-state index contributed by atoms with van der Waals surface area (Å²) in [6.45, 7) is 11.0. The van der Waals surface area contributed by atoms with Crippen LogP contribution in [0.5, 0.6) is 0 Å². The first-order chi connectivity index (χ1) is 16.9. The molecule has 4 rings (SSSR count). The van der Waals surface area contributed by atoms with Gasteiger partial charge in [0.25, 0.3) is 0 Å². The zero-order chi connectivity index (χ0) is 24.9. The van der Waals surface area contributed by atoms with Gasteiger partial charge in [-0.1, -0.05) is 54.6 Å². The van der Waals surface area contributed by atoms with E-state index in [1.165, 1.54) is 22.3 Å². The Labute approximate surface area is 208 Å². The fraction of sp³-hybridized carbons (Fsp3) is 0.448. The van der Waals surface area contributed by atoms with E-state index in [9.17, 15) is 9.59 Å². The van der Waals surface area contributed by atoms with Crippen LogP contribution in [0.15, 0.2) is 54.6 Å². The Morgan fingerprint density at radius 3 is 2.26 bits per heavy atom. The van der Waals surface area contributed by atoms with Gasteiger partial charge in [-0.2, -0.15) is 0 Å². The van der Waals surface area contributed by atoms with Crippen LogP contribution < -0.4 is 0 Å². The maximum Gasteiger partial charge on any atom is 0.219 e. The smallest absolute Gasteiger partial charge is 0.219 e. The van der Waals surface area contributed by atoms with E-state index >= 15 is 0 Å². The van der Waals surface area contributed by atoms with Gasteiger partial charge in [-0.25, -0.2) is 0 Å². The average Bonchev–Trinajstić information content (AvgIpc) is 2.86. The van der Waals surface area contributed by atoms with Gasteiger partial charge >= 0.3 is 0 Å². The zero-order valence-corrected chi connectivity index (χ0v) is 21.1. The molecule has 186 valence electrons. The molecule has 0 aliphatic carbocycles. The lowest BCUT2D eigenvalue weighted by atomic mass is 9.93. The minimum Gasteiger partial charge on any atom is -0.388 e. The number of benzene rings is 2. The van der Waals surface area contributed by atoms with Crippen molar-refractivity contribution in [3.63, 3.8) is 0 Å². The normalized spacial score (nSPS) is 21.6. The molecule has 6 nitrogen and oxygen atoms in total. The molecule has 2 aliphatic heterocycles. The van der Waals surface area contributed by atoms with Crippen molar-refractivity contribution in [3.05, 3.63) is 76.9 Å². The Bertz CT molecular complexity index is 1070. The lowest BCUT2D eigenvalue weighted by Crippen LogP contribution is -2.55. The van der Waals surface area contributed by atoms with E-state index in [4.69, 9.17) is 5.11 Å². The van der Waals surface area contributed by atoms with Gasteiger partial charge in [-0.15, -0.1) is 0 Å². The molecule has 0 saturated carbocycles. The number of amides is 1. The third kappa shape index (κ3) is 6.07. The van der Waals surface area contributed by atoms with Gasteiger partial charge in [0.05, 0.1) is 0 Å². The molecular formula is C29H37N3O3. The number of ketones is 1. The van der Waals surface area contributed by atoms with Crippen LogP contribution in [0.25, 0.3) is 5.57 Å². The number of piperazine rings is 1. The van der Waals surface area contributed by atoms with Crippen molar-refractivity contribution in [1.29, 1.82) is 0 Å². The van der Waals surface area contributed by atoms with Crippen LogP contribution in [0.3, 0.4) is 0 Å². The standard InChI is InChI=1S/C29H37N3O3/c1-21-16-30(18-24-8-10-26(11-9-24)29(35)20-33)17-22(2)32(21)19-27-6-4-5-7-28(27)25-12-14-31(15-13-25)23(3)34/h4-12,21-22,33H,13-20H2,1-3H3/t21-,22+. The third-order valence-corrected chi connectivity index (χ3v) is 7.37. The van der Waals surface area contributed by atoms with Crippen molar-refractivity contribution in [2.75, 3.05) is 32.8 Å². The van der Waals surface area contributed by atoms with Gasteiger partial charge in [0.15, 0.2) is 5.78 Å². The summed E-state index contributed by atoms with van der Waals surface area (Å²) < 4.78 is 0. The lowest BCUT2D eigenvalue weighted by Gasteiger charge is -2.45. The molecule has 1 amide bonds. The second-order valence-corrected chi connectivity index (χ2v) is 9.94. The summed E-state index contributed by atoms with van der Waals surface area (Å²) in [4.78, 5) is 30.4. The van der Waals surface area contributed by atoms with Crippen molar-refractivity contribution in [3.8, 4) is 0 Å². The van der Waals surface area contributed by atoms with Crippen LogP contribution in [0.2, 0.25) is 0 Å². The minimum absolute atomic E-state index is 0.142. The zero-order valence-electron chi connectivity index (χ0n) is 21.1. The predicted octanol–water partition coefficient (Wildman–Crippen LogP) is 3.59. The van der Waals surface area contributed by atoms with Crippen molar-refractivity contribution >= 4 is 17.3 Å². The molecule has 0 radical (unpaired) electrons. The number of carbonyl (C=O) groups is 2. The number of aliphatic hydroxyl groups excluding tert-OH is 1. The quantitative estimate of drug-likeness (QED) is 0.620. The van der Waals surface area contributed by atoms with Gasteiger partial charge in [-0.05, 0) is 42.5 Å². The maximum absolute atomic E-state index is 11.7. The summed E-state index contributed by atoms with van der Waals surface area (Å²) in [6, 6.07) is 17.1. The molecule has 35 heavy (non-hydrogen) atoms. The number of hydrogen-bond donors (Lipinski definition) is 1. The molecule has 0 unspecified atom stereocenters. The van der Waals surface area contributed by atoms with Crippen molar-refractivity contribution in [1.82, 2.24) is 14.7 Å². The predicted molar refractivity (Wildman–Crippen MR) is 139 cm³/mol. The first kappa shape index (κ1) is 25.3. The molecule has 2 atom stereocenters. The van der Waals surface area contributed by atoms with E-state index in [-0.39, 0.29) is 11.7 Å². The summed E-state index contributed by atoms with van der Waals surface area (Å²) >= 11 is 0. The largest absolute Gasteiger partial charge is 0.388 e. The highest BCUT2D eigenvalue weighted by Gasteiger charge is 2.30. The first-order valence-electron chi connectivity index (χ1n) is 12.6. The molecule has 1 saturated heterocycles. The van der Waals surface area contributed by atoms with Crippen LogP contribution >= 0.6 is 0 Å². The van der Waals surface area contributed by atoms with Crippen LogP contribution in [0.4, 0.5) is 0 Å². The molecule has 2 aromatic rings. The maximum atomic E-state index is 11.7. The minimum atomic E-state index is -0.451. The Balaban J connectivity index is 1.41.